The van der Waals surface area contributed by atoms with Crippen LogP contribution in [0.4, 0.5) is 0 Å². The van der Waals surface area contributed by atoms with Gasteiger partial charge in [0.05, 0.1) is 18.4 Å². The van der Waals surface area contributed by atoms with Crippen molar-refractivity contribution in [1.29, 1.82) is 5.26 Å². The molecular formula is C8H14N2O3S. The molecule has 0 aromatic heterocycles. The molecule has 1 rings (SSSR count). The molecule has 0 spiro atoms. The highest BCUT2D eigenvalue weighted by Crippen LogP contribution is 2.29. The van der Waals surface area contributed by atoms with E-state index in [9.17, 15) is 8.42 Å². The fourth-order valence-corrected chi connectivity index (χ4v) is 2.80. The lowest BCUT2D eigenvalue weighted by molar-refractivity contribution is 0.313. The van der Waals surface area contributed by atoms with Crippen LogP contribution in [0, 0.1) is 11.3 Å². The zero-order chi connectivity index (χ0) is 10.6. The summed E-state index contributed by atoms with van der Waals surface area (Å²) in [5.41, 5.74) is 0. The molecule has 1 aliphatic carbocycles. The van der Waals surface area contributed by atoms with E-state index in [4.69, 9.17) is 10.4 Å². The van der Waals surface area contributed by atoms with Crippen molar-refractivity contribution in [3.05, 3.63) is 0 Å². The molecular weight excluding hydrogens is 204 g/mol. The van der Waals surface area contributed by atoms with Crippen molar-refractivity contribution in [1.82, 2.24) is 4.31 Å². The molecule has 1 aliphatic rings. The average molecular weight is 218 g/mol. The van der Waals surface area contributed by atoms with Crippen LogP contribution in [-0.2, 0) is 10.0 Å². The molecule has 0 heterocycles. The maximum Gasteiger partial charge on any atom is 0.216 e. The minimum absolute atomic E-state index is 0.0694. The van der Waals surface area contributed by atoms with Gasteiger partial charge in [-0.25, -0.2) is 8.42 Å². The van der Waals surface area contributed by atoms with Crippen molar-refractivity contribution in [2.24, 2.45) is 0 Å². The highest BCUT2D eigenvalue weighted by molar-refractivity contribution is 7.89. The van der Waals surface area contributed by atoms with Crippen molar-refractivity contribution in [2.45, 2.75) is 25.3 Å². The lowest BCUT2D eigenvalue weighted by Gasteiger charge is -2.19. The van der Waals surface area contributed by atoms with Gasteiger partial charge in [-0.05, 0) is 12.8 Å². The Kier molecular flexibility index (Phi) is 3.86. The Morgan fingerprint density at radius 2 is 2.14 bits per heavy atom. The standard InChI is InChI=1S/C8H14N2O3S/c9-4-1-5-10(8-2-3-8)14(12,13)7-6-11/h8,11H,1-3,5-7H2. The van der Waals surface area contributed by atoms with Crippen LogP contribution in [0.25, 0.3) is 0 Å². The van der Waals surface area contributed by atoms with Crippen molar-refractivity contribution in [2.75, 3.05) is 18.9 Å². The van der Waals surface area contributed by atoms with Gasteiger partial charge in [0, 0.05) is 19.0 Å². The predicted octanol–water partition coefficient (Wildman–Crippen LogP) is -0.313. The normalized spacial score (nSPS) is 16.9. The van der Waals surface area contributed by atoms with Gasteiger partial charge < -0.3 is 5.11 Å². The molecule has 0 saturated heterocycles. The van der Waals surface area contributed by atoms with E-state index in [1.165, 1.54) is 4.31 Å². The summed E-state index contributed by atoms with van der Waals surface area (Å²) in [4.78, 5) is 0. The van der Waals surface area contributed by atoms with Crippen LogP contribution in [-0.4, -0.2) is 42.8 Å². The van der Waals surface area contributed by atoms with Crippen molar-refractivity contribution in [3.8, 4) is 6.07 Å². The molecule has 0 aromatic rings. The van der Waals surface area contributed by atoms with E-state index in [1.54, 1.807) is 0 Å². The van der Waals surface area contributed by atoms with Gasteiger partial charge in [-0.3, -0.25) is 0 Å². The molecule has 6 heteroatoms. The quantitative estimate of drug-likeness (QED) is 0.663. The first-order valence-electron chi connectivity index (χ1n) is 4.59. The van der Waals surface area contributed by atoms with Crippen LogP contribution < -0.4 is 0 Å². The Labute approximate surface area is 84.0 Å². The first-order valence-corrected chi connectivity index (χ1v) is 6.20. The molecule has 0 radical (unpaired) electrons. The maximum absolute atomic E-state index is 11.6. The number of rotatable bonds is 6. The van der Waals surface area contributed by atoms with Crippen LogP contribution in [0.3, 0.4) is 0 Å². The van der Waals surface area contributed by atoms with Gasteiger partial charge in [0.1, 0.15) is 0 Å². The summed E-state index contributed by atoms with van der Waals surface area (Å²) >= 11 is 0. The molecule has 1 saturated carbocycles. The maximum atomic E-state index is 11.6. The SMILES string of the molecule is N#CCCN(C1CC1)S(=O)(=O)CCO. The zero-order valence-electron chi connectivity index (χ0n) is 7.89. The van der Waals surface area contributed by atoms with Crippen LogP contribution in [0.5, 0.6) is 0 Å². The summed E-state index contributed by atoms with van der Waals surface area (Å²) < 4.78 is 24.5. The summed E-state index contributed by atoms with van der Waals surface area (Å²) in [7, 11) is -3.35. The number of hydrogen-bond acceptors (Lipinski definition) is 4. The topological polar surface area (TPSA) is 81.4 Å². The highest BCUT2D eigenvalue weighted by atomic mass is 32.2. The van der Waals surface area contributed by atoms with Gasteiger partial charge >= 0.3 is 0 Å². The Bertz CT molecular complexity index is 316. The number of aliphatic hydroxyl groups excluding tert-OH is 1. The third-order valence-electron chi connectivity index (χ3n) is 2.10. The summed E-state index contributed by atoms with van der Waals surface area (Å²) in [6.07, 6.45) is 1.95. The predicted molar refractivity (Wildman–Crippen MR) is 50.8 cm³/mol. The first-order chi connectivity index (χ1) is 6.61. The second kappa shape index (κ2) is 4.73. The van der Waals surface area contributed by atoms with Crippen molar-refractivity contribution < 1.29 is 13.5 Å². The lowest BCUT2D eigenvalue weighted by atomic mass is 10.4. The van der Waals surface area contributed by atoms with E-state index in [0.29, 0.717) is 0 Å². The van der Waals surface area contributed by atoms with Crippen molar-refractivity contribution in [3.63, 3.8) is 0 Å². The minimum Gasteiger partial charge on any atom is -0.395 e. The Morgan fingerprint density at radius 1 is 1.50 bits per heavy atom. The number of nitrogens with zero attached hydrogens (tertiary/aromatic N) is 2. The molecule has 1 fully saturated rings. The summed E-state index contributed by atoms with van der Waals surface area (Å²) in [6, 6.07) is 2.00. The third kappa shape index (κ3) is 2.94. The van der Waals surface area contributed by atoms with Gasteiger partial charge in [0.25, 0.3) is 0 Å². The third-order valence-corrected chi connectivity index (χ3v) is 4.00. The van der Waals surface area contributed by atoms with Crippen molar-refractivity contribution >= 4 is 10.0 Å². The number of nitriles is 1. The Hall–Kier alpha value is -0.640. The first kappa shape index (κ1) is 11.4. The molecule has 5 nitrogen and oxygen atoms in total. The molecule has 14 heavy (non-hydrogen) atoms. The van der Waals surface area contributed by atoms with E-state index in [0.717, 1.165) is 12.8 Å². The largest absolute Gasteiger partial charge is 0.395 e. The molecule has 0 bridgehead atoms. The van der Waals surface area contributed by atoms with Gasteiger partial charge in [0.15, 0.2) is 0 Å². The molecule has 80 valence electrons. The second-order valence-electron chi connectivity index (χ2n) is 3.29. The molecule has 0 aliphatic heterocycles. The van der Waals surface area contributed by atoms with Crippen LogP contribution >= 0.6 is 0 Å². The monoisotopic (exact) mass is 218 g/mol. The lowest BCUT2D eigenvalue weighted by Crippen LogP contribution is -2.36. The fourth-order valence-electron chi connectivity index (χ4n) is 1.30. The molecule has 0 amide bonds. The van der Waals surface area contributed by atoms with Crippen LogP contribution in [0.15, 0.2) is 0 Å². The van der Waals surface area contributed by atoms with Gasteiger partial charge in [0.2, 0.25) is 10.0 Å². The molecule has 0 atom stereocenters. The fraction of sp³-hybridized carbons (Fsp3) is 0.875. The average Bonchev–Trinajstić information content (AvgIpc) is 2.88. The Balaban J connectivity index is 2.62. The molecule has 0 aromatic carbocycles. The van der Waals surface area contributed by atoms with Gasteiger partial charge in [-0.1, -0.05) is 0 Å². The number of aliphatic hydroxyl groups is 1. The van der Waals surface area contributed by atoms with E-state index >= 15 is 0 Å². The second-order valence-corrected chi connectivity index (χ2v) is 5.33. The number of hydrogen-bond donors (Lipinski definition) is 1. The van der Waals surface area contributed by atoms with Crippen LogP contribution in [0.1, 0.15) is 19.3 Å². The highest BCUT2D eigenvalue weighted by Gasteiger charge is 2.36. The molecule has 0 unspecified atom stereocenters. The summed E-state index contributed by atoms with van der Waals surface area (Å²) in [6.45, 7) is -0.110. The van der Waals surface area contributed by atoms with E-state index in [2.05, 4.69) is 0 Å². The minimum atomic E-state index is -3.35. The van der Waals surface area contributed by atoms with Crippen LogP contribution in [0.2, 0.25) is 0 Å². The van der Waals surface area contributed by atoms with Gasteiger partial charge in [-0.2, -0.15) is 9.57 Å². The smallest absolute Gasteiger partial charge is 0.216 e. The molecule has 1 N–H and O–H groups in total. The number of sulfonamides is 1. The summed E-state index contributed by atoms with van der Waals surface area (Å²) in [5, 5.41) is 17.0. The van der Waals surface area contributed by atoms with E-state index in [1.807, 2.05) is 6.07 Å². The van der Waals surface area contributed by atoms with Gasteiger partial charge in [-0.15, -0.1) is 0 Å². The zero-order valence-corrected chi connectivity index (χ0v) is 8.70. The van der Waals surface area contributed by atoms with E-state index in [-0.39, 0.29) is 31.4 Å². The Morgan fingerprint density at radius 3 is 2.57 bits per heavy atom. The summed E-state index contributed by atoms with van der Waals surface area (Å²) in [5.74, 6) is -0.241. The van der Waals surface area contributed by atoms with E-state index < -0.39 is 10.0 Å².